The van der Waals surface area contributed by atoms with Crippen LogP contribution in [0.5, 0.6) is 0 Å². The van der Waals surface area contributed by atoms with E-state index in [4.69, 9.17) is 0 Å². The number of pyridine rings is 1. The molecule has 0 aliphatic heterocycles. The number of para-hydroxylation sites is 1. The molecule has 1 N–H and O–H groups in total. The molecule has 2 aromatic heterocycles. The maximum atomic E-state index is 12.4. The topological polar surface area (TPSA) is 92.3 Å². The number of likely N-dealkylation sites (N-methyl/N-ethyl adjacent to an activating group) is 1. The van der Waals surface area contributed by atoms with Crippen molar-refractivity contribution in [3.63, 3.8) is 0 Å². The molecule has 0 saturated heterocycles. The Bertz CT molecular complexity index is 1000. The number of thiazole rings is 1. The quantitative estimate of drug-likeness (QED) is 0.652. The van der Waals surface area contributed by atoms with Crippen LogP contribution in [0.15, 0.2) is 53.7 Å². The summed E-state index contributed by atoms with van der Waals surface area (Å²) in [6.45, 7) is 2.11. The zero-order chi connectivity index (χ0) is 19.4. The van der Waals surface area contributed by atoms with Gasteiger partial charge in [0, 0.05) is 31.9 Å². The zero-order valence-electron chi connectivity index (χ0n) is 15.0. The largest absolute Gasteiger partial charge is 0.354 e. The second kappa shape index (κ2) is 8.12. The third-order valence-electron chi connectivity index (χ3n) is 4.05. The van der Waals surface area contributed by atoms with Crippen molar-refractivity contribution < 1.29 is 13.2 Å². The maximum absolute atomic E-state index is 12.4. The Morgan fingerprint density at radius 1 is 1.26 bits per heavy atom. The summed E-state index contributed by atoms with van der Waals surface area (Å²) >= 11 is 1.60. The third kappa shape index (κ3) is 4.49. The third-order valence-corrected chi connectivity index (χ3v) is 7.10. The van der Waals surface area contributed by atoms with Crippen LogP contribution in [-0.2, 0) is 14.8 Å². The highest BCUT2D eigenvalue weighted by Crippen LogP contribution is 2.26. The number of rotatable bonds is 7. The molecule has 1 atom stereocenters. The molecule has 1 unspecified atom stereocenters. The molecule has 3 rings (SSSR count). The van der Waals surface area contributed by atoms with Crippen molar-refractivity contribution in [2.45, 2.75) is 17.7 Å². The predicted molar refractivity (Wildman–Crippen MR) is 105 cm³/mol. The van der Waals surface area contributed by atoms with Crippen molar-refractivity contribution in [1.82, 2.24) is 19.6 Å². The van der Waals surface area contributed by atoms with E-state index in [9.17, 15) is 13.2 Å². The predicted octanol–water partition coefficient (Wildman–Crippen LogP) is 2.23. The smallest absolute Gasteiger partial charge is 0.244 e. The molecule has 9 heteroatoms. The molecule has 0 fully saturated rings. The van der Waals surface area contributed by atoms with E-state index in [1.54, 1.807) is 17.4 Å². The molecule has 0 aliphatic carbocycles. The summed E-state index contributed by atoms with van der Waals surface area (Å²) in [7, 11) is -2.37. The van der Waals surface area contributed by atoms with Gasteiger partial charge in [0.25, 0.3) is 0 Å². The second-order valence-corrected chi connectivity index (χ2v) is 9.28. The Labute approximate surface area is 162 Å². The lowest BCUT2D eigenvalue weighted by Crippen LogP contribution is -2.39. The van der Waals surface area contributed by atoms with Gasteiger partial charge in [-0.3, -0.25) is 9.78 Å². The highest BCUT2D eigenvalue weighted by molar-refractivity contribution is 7.89. The van der Waals surface area contributed by atoms with E-state index in [-0.39, 0.29) is 23.3 Å². The van der Waals surface area contributed by atoms with Gasteiger partial charge in [-0.25, -0.2) is 13.4 Å². The van der Waals surface area contributed by atoms with E-state index >= 15 is 0 Å². The molecule has 1 aromatic carbocycles. The highest BCUT2D eigenvalue weighted by atomic mass is 32.2. The Morgan fingerprint density at radius 3 is 2.74 bits per heavy atom. The molecule has 142 valence electrons. The minimum Gasteiger partial charge on any atom is -0.354 e. The van der Waals surface area contributed by atoms with Crippen molar-refractivity contribution in [3.05, 3.63) is 53.8 Å². The van der Waals surface area contributed by atoms with Gasteiger partial charge in [-0.05, 0) is 24.3 Å². The van der Waals surface area contributed by atoms with Gasteiger partial charge in [0.2, 0.25) is 15.9 Å². The van der Waals surface area contributed by atoms with Gasteiger partial charge in [-0.15, -0.1) is 11.3 Å². The number of amides is 1. The fourth-order valence-electron chi connectivity index (χ4n) is 2.48. The van der Waals surface area contributed by atoms with E-state index in [2.05, 4.69) is 15.3 Å². The lowest BCUT2D eigenvalue weighted by atomic mass is 10.2. The molecule has 3 aromatic rings. The average molecular weight is 405 g/mol. The highest BCUT2D eigenvalue weighted by Gasteiger charge is 2.23. The first-order chi connectivity index (χ1) is 12.9. The number of sulfonamides is 1. The summed E-state index contributed by atoms with van der Waals surface area (Å²) in [4.78, 5) is 20.6. The first kappa shape index (κ1) is 19.4. The van der Waals surface area contributed by atoms with E-state index in [1.165, 1.54) is 25.5 Å². The molecule has 0 spiro atoms. The van der Waals surface area contributed by atoms with Gasteiger partial charge in [0.05, 0.1) is 21.8 Å². The monoisotopic (exact) mass is 404 g/mol. The zero-order valence-corrected chi connectivity index (χ0v) is 16.6. The lowest BCUT2D eigenvalue weighted by molar-refractivity contribution is -0.121. The Hall–Kier alpha value is -2.36. The van der Waals surface area contributed by atoms with Crippen molar-refractivity contribution >= 4 is 37.5 Å². The molecule has 2 heterocycles. The molecular formula is C18H20N4O3S2. The number of benzene rings is 1. The molecule has 7 nitrogen and oxygen atoms in total. The fourth-order valence-corrected chi connectivity index (χ4v) is 4.59. The Morgan fingerprint density at radius 2 is 2.04 bits per heavy atom. The average Bonchev–Trinajstić information content (AvgIpc) is 3.11. The number of hydrogen-bond donors (Lipinski definition) is 1. The summed E-state index contributed by atoms with van der Waals surface area (Å²) in [5, 5.41) is 3.72. The van der Waals surface area contributed by atoms with E-state index in [0.29, 0.717) is 6.54 Å². The van der Waals surface area contributed by atoms with Crippen LogP contribution in [0.25, 0.3) is 10.2 Å². The first-order valence-corrected chi connectivity index (χ1v) is 10.6. The molecular weight excluding hydrogens is 384 g/mol. The van der Waals surface area contributed by atoms with Crippen LogP contribution < -0.4 is 5.32 Å². The van der Waals surface area contributed by atoms with Gasteiger partial charge < -0.3 is 5.32 Å². The van der Waals surface area contributed by atoms with Crippen molar-refractivity contribution in [2.75, 3.05) is 20.1 Å². The standard InChI is InChI=1S/C18H20N4O3S2/c1-13(18-21-15-7-3-4-8-16(15)26-18)10-20-17(23)12-22(2)27(24,25)14-6-5-9-19-11-14/h3-9,11,13H,10,12H2,1-2H3,(H,20,23). The van der Waals surface area contributed by atoms with Crippen LogP contribution >= 0.6 is 11.3 Å². The number of nitrogens with zero attached hydrogens (tertiary/aromatic N) is 3. The number of fused-ring (bicyclic) bond motifs is 1. The number of nitrogens with one attached hydrogen (secondary N) is 1. The minimum absolute atomic E-state index is 0.0339. The SMILES string of the molecule is CC(CNC(=O)CN(C)S(=O)(=O)c1cccnc1)c1nc2ccccc2s1. The van der Waals surface area contributed by atoms with Crippen molar-refractivity contribution in [2.24, 2.45) is 0 Å². The number of carbonyl (C=O) groups excluding carboxylic acids is 1. The first-order valence-electron chi connectivity index (χ1n) is 8.36. The molecule has 0 saturated carbocycles. The molecule has 0 bridgehead atoms. The van der Waals surface area contributed by atoms with E-state index in [0.717, 1.165) is 19.5 Å². The van der Waals surface area contributed by atoms with E-state index < -0.39 is 10.0 Å². The van der Waals surface area contributed by atoms with Gasteiger partial charge in [-0.1, -0.05) is 19.1 Å². The molecule has 27 heavy (non-hydrogen) atoms. The summed E-state index contributed by atoms with van der Waals surface area (Å²) < 4.78 is 27.0. The Kier molecular flexibility index (Phi) is 5.83. The number of carbonyl (C=O) groups is 1. The van der Waals surface area contributed by atoms with Crippen molar-refractivity contribution in [3.8, 4) is 0 Å². The number of hydrogen-bond acceptors (Lipinski definition) is 6. The van der Waals surface area contributed by atoms with Crippen LogP contribution in [0, 0.1) is 0 Å². The Balaban J connectivity index is 1.57. The van der Waals surface area contributed by atoms with Crippen LogP contribution in [0.4, 0.5) is 0 Å². The molecule has 0 radical (unpaired) electrons. The summed E-state index contributed by atoms with van der Waals surface area (Å²) in [5.74, 6) is -0.329. The molecule has 0 aliphatic rings. The molecule has 1 amide bonds. The fraction of sp³-hybridized carbons (Fsp3) is 0.278. The van der Waals surface area contributed by atoms with Crippen LogP contribution in [0.1, 0.15) is 17.8 Å². The maximum Gasteiger partial charge on any atom is 0.244 e. The van der Waals surface area contributed by atoms with Crippen LogP contribution in [0.2, 0.25) is 0 Å². The number of aromatic nitrogens is 2. The van der Waals surface area contributed by atoms with Gasteiger partial charge in [0.1, 0.15) is 4.90 Å². The lowest BCUT2D eigenvalue weighted by Gasteiger charge is -2.17. The van der Waals surface area contributed by atoms with Gasteiger partial charge in [-0.2, -0.15) is 4.31 Å². The van der Waals surface area contributed by atoms with Gasteiger partial charge in [0.15, 0.2) is 0 Å². The second-order valence-electron chi connectivity index (χ2n) is 6.17. The van der Waals surface area contributed by atoms with Crippen molar-refractivity contribution in [1.29, 1.82) is 0 Å². The van der Waals surface area contributed by atoms with Gasteiger partial charge >= 0.3 is 0 Å². The summed E-state index contributed by atoms with van der Waals surface area (Å²) in [5.41, 5.74) is 0.943. The summed E-state index contributed by atoms with van der Waals surface area (Å²) in [6.07, 6.45) is 2.76. The normalized spacial score (nSPS) is 13.0. The van der Waals surface area contributed by atoms with E-state index in [1.807, 2.05) is 31.2 Å². The van der Waals surface area contributed by atoms with Crippen LogP contribution in [0.3, 0.4) is 0 Å². The van der Waals surface area contributed by atoms with Crippen LogP contribution in [-0.4, -0.2) is 48.7 Å². The summed E-state index contributed by atoms with van der Waals surface area (Å²) in [6, 6.07) is 10.9. The minimum atomic E-state index is -3.74.